The van der Waals surface area contributed by atoms with Crippen LogP contribution in [0, 0.1) is 0 Å². The normalized spacial score (nSPS) is 13.4. The summed E-state index contributed by atoms with van der Waals surface area (Å²) in [5, 5.41) is 9.48. The van der Waals surface area contributed by atoms with E-state index in [1.807, 2.05) is 6.08 Å². The molecule has 1 N–H and O–H groups in total. The first kappa shape index (κ1) is 37.8. The van der Waals surface area contributed by atoms with Crippen molar-refractivity contribution < 1.29 is 19.4 Å². The van der Waals surface area contributed by atoms with Crippen LogP contribution < -0.4 is 0 Å². The summed E-state index contributed by atoms with van der Waals surface area (Å²) in [6.45, 7) is 5.11. The predicted molar refractivity (Wildman–Crippen MR) is 172 cm³/mol. The topological polar surface area (TPSA) is 55.8 Å². The minimum absolute atomic E-state index is 0.205. The van der Waals surface area contributed by atoms with Gasteiger partial charge in [0.05, 0.1) is 13.2 Å². The Kier molecular flexibility index (Phi) is 31.2. The Balaban J connectivity index is 3.68. The highest BCUT2D eigenvalue weighted by molar-refractivity contribution is 5.69. The van der Waals surface area contributed by atoms with Crippen LogP contribution in [0.4, 0.5) is 0 Å². The van der Waals surface area contributed by atoms with E-state index in [0.717, 1.165) is 44.9 Å². The van der Waals surface area contributed by atoms with E-state index in [1.54, 1.807) is 0 Å². The van der Waals surface area contributed by atoms with Crippen molar-refractivity contribution in [1.29, 1.82) is 0 Å². The number of carbonyl (C=O) groups is 1. The molecular weight excluding hydrogens is 496 g/mol. The number of aliphatic hydroxyl groups excluding tert-OH is 1. The molecule has 0 rings (SSSR count). The average molecular weight is 557 g/mol. The van der Waals surface area contributed by atoms with Crippen LogP contribution in [-0.4, -0.2) is 37.0 Å². The Bertz CT molecular complexity index is 714. The molecule has 0 aromatic rings. The van der Waals surface area contributed by atoms with Crippen LogP contribution in [0.25, 0.3) is 0 Å². The highest BCUT2D eigenvalue weighted by Gasteiger charge is 2.13. The molecule has 1 atom stereocenters. The molecule has 0 aromatic carbocycles. The van der Waals surface area contributed by atoms with Gasteiger partial charge in [0, 0.05) is 13.0 Å². The van der Waals surface area contributed by atoms with Gasteiger partial charge in [0.1, 0.15) is 6.10 Å². The van der Waals surface area contributed by atoms with Crippen LogP contribution >= 0.6 is 0 Å². The van der Waals surface area contributed by atoms with Gasteiger partial charge in [-0.25, -0.2) is 0 Å². The highest BCUT2D eigenvalue weighted by atomic mass is 16.6. The van der Waals surface area contributed by atoms with Crippen LogP contribution in [-0.2, 0) is 14.3 Å². The largest absolute Gasteiger partial charge is 0.457 e. The molecule has 0 radical (unpaired) electrons. The molecule has 0 amide bonds. The summed E-state index contributed by atoms with van der Waals surface area (Å²) >= 11 is 0. The first-order valence-corrected chi connectivity index (χ1v) is 16.0. The van der Waals surface area contributed by atoms with Gasteiger partial charge >= 0.3 is 5.97 Å². The standard InChI is InChI=1S/C36H60O4/c1-3-5-7-9-11-13-14-15-16-17-18-19-20-21-22-23-25-27-29-31-36(38)40-35(33-37)34-39-32-30-28-26-24-12-10-8-6-4-2/h5,7,11,13,15-16,18-19,21-22,25,27,35,37H,3-4,6,8-10,12,14,17,20,23-24,26,28-34H2,1-2H3/b7-5-,13-11-,16-15-,19-18-,22-21-,27-25-. The van der Waals surface area contributed by atoms with Crippen molar-refractivity contribution in [1.82, 2.24) is 0 Å². The zero-order valence-electron chi connectivity index (χ0n) is 25.8. The number of hydrogen-bond donors (Lipinski definition) is 1. The zero-order valence-corrected chi connectivity index (χ0v) is 25.8. The number of ether oxygens (including phenoxy) is 2. The number of esters is 1. The number of aliphatic hydroxyl groups is 1. The van der Waals surface area contributed by atoms with Gasteiger partial charge in [-0.3, -0.25) is 4.79 Å². The molecular formula is C36H60O4. The van der Waals surface area contributed by atoms with Gasteiger partial charge in [0.2, 0.25) is 0 Å². The van der Waals surface area contributed by atoms with E-state index in [4.69, 9.17) is 9.47 Å². The second kappa shape index (κ2) is 33.0. The lowest BCUT2D eigenvalue weighted by Crippen LogP contribution is -2.27. The van der Waals surface area contributed by atoms with Crippen molar-refractivity contribution in [2.75, 3.05) is 19.8 Å². The van der Waals surface area contributed by atoms with E-state index in [0.29, 0.717) is 19.4 Å². The minimum atomic E-state index is -0.573. The van der Waals surface area contributed by atoms with Crippen molar-refractivity contribution >= 4 is 5.97 Å². The Morgan fingerprint density at radius 1 is 0.625 bits per heavy atom. The highest BCUT2D eigenvalue weighted by Crippen LogP contribution is 2.10. The van der Waals surface area contributed by atoms with Gasteiger partial charge < -0.3 is 14.6 Å². The van der Waals surface area contributed by atoms with E-state index < -0.39 is 6.10 Å². The molecule has 0 bridgehead atoms. The SMILES string of the molecule is CC/C=C\C/C=C\C/C=C\C/C=C\C/C=C\C/C=C\CCC(=O)OC(CO)COCCCCCCCCCCC. The molecule has 40 heavy (non-hydrogen) atoms. The van der Waals surface area contributed by atoms with Crippen molar-refractivity contribution in [2.24, 2.45) is 0 Å². The molecule has 4 nitrogen and oxygen atoms in total. The number of unbranched alkanes of at least 4 members (excludes halogenated alkanes) is 8. The maximum Gasteiger partial charge on any atom is 0.306 e. The van der Waals surface area contributed by atoms with Crippen molar-refractivity contribution in [3.8, 4) is 0 Å². The predicted octanol–water partition coefficient (Wildman–Crippen LogP) is 9.92. The lowest BCUT2D eigenvalue weighted by Gasteiger charge is -2.15. The molecule has 0 heterocycles. The van der Waals surface area contributed by atoms with Crippen LogP contribution in [0.1, 0.15) is 123 Å². The molecule has 0 aliphatic rings. The number of carbonyl (C=O) groups excluding carboxylic acids is 1. The second-order valence-electron chi connectivity index (χ2n) is 10.2. The van der Waals surface area contributed by atoms with Gasteiger partial charge in [-0.15, -0.1) is 0 Å². The van der Waals surface area contributed by atoms with Crippen molar-refractivity contribution in [2.45, 2.75) is 129 Å². The summed E-state index contributed by atoms with van der Waals surface area (Å²) < 4.78 is 11.0. The molecule has 0 fully saturated rings. The monoisotopic (exact) mass is 556 g/mol. The second-order valence-corrected chi connectivity index (χ2v) is 10.2. The maximum absolute atomic E-state index is 12.0. The summed E-state index contributed by atoms with van der Waals surface area (Å²) in [6, 6.07) is 0. The summed E-state index contributed by atoms with van der Waals surface area (Å²) in [5.74, 6) is -0.287. The first-order valence-electron chi connectivity index (χ1n) is 16.0. The Hall–Kier alpha value is -2.17. The third-order valence-electron chi connectivity index (χ3n) is 6.31. The van der Waals surface area contributed by atoms with Gasteiger partial charge in [0.15, 0.2) is 0 Å². The lowest BCUT2D eigenvalue weighted by molar-refractivity contribution is -0.154. The summed E-state index contributed by atoms with van der Waals surface area (Å²) in [5.41, 5.74) is 0. The lowest BCUT2D eigenvalue weighted by atomic mass is 10.1. The number of rotatable bonds is 28. The van der Waals surface area contributed by atoms with E-state index in [1.165, 1.54) is 51.4 Å². The van der Waals surface area contributed by atoms with Crippen LogP contribution in [0.5, 0.6) is 0 Å². The molecule has 0 aliphatic heterocycles. The van der Waals surface area contributed by atoms with Crippen LogP contribution in [0.15, 0.2) is 72.9 Å². The average Bonchev–Trinajstić information content (AvgIpc) is 2.96. The van der Waals surface area contributed by atoms with Gasteiger partial charge in [-0.2, -0.15) is 0 Å². The fraction of sp³-hybridized carbons (Fsp3) is 0.639. The van der Waals surface area contributed by atoms with E-state index >= 15 is 0 Å². The van der Waals surface area contributed by atoms with Gasteiger partial charge in [0.25, 0.3) is 0 Å². The van der Waals surface area contributed by atoms with E-state index in [-0.39, 0.29) is 19.2 Å². The molecule has 0 spiro atoms. The Morgan fingerprint density at radius 2 is 1.07 bits per heavy atom. The third kappa shape index (κ3) is 30.4. The van der Waals surface area contributed by atoms with Crippen LogP contribution in [0.3, 0.4) is 0 Å². The van der Waals surface area contributed by atoms with E-state index in [9.17, 15) is 9.90 Å². The summed E-state index contributed by atoms with van der Waals surface area (Å²) in [7, 11) is 0. The molecule has 0 saturated heterocycles. The van der Waals surface area contributed by atoms with Gasteiger partial charge in [-0.1, -0.05) is 138 Å². The van der Waals surface area contributed by atoms with E-state index in [2.05, 4.69) is 80.7 Å². The van der Waals surface area contributed by atoms with Crippen LogP contribution in [0.2, 0.25) is 0 Å². The smallest absolute Gasteiger partial charge is 0.306 e. The van der Waals surface area contributed by atoms with Crippen molar-refractivity contribution in [3.05, 3.63) is 72.9 Å². The summed E-state index contributed by atoms with van der Waals surface area (Å²) in [4.78, 5) is 12.0. The molecule has 0 aliphatic carbocycles. The maximum atomic E-state index is 12.0. The minimum Gasteiger partial charge on any atom is -0.457 e. The molecule has 0 saturated carbocycles. The number of hydrogen-bond acceptors (Lipinski definition) is 4. The fourth-order valence-electron chi connectivity index (χ4n) is 3.94. The third-order valence-corrected chi connectivity index (χ3v) is 6.31. The first-order chi connectivity index (χ1) is 19.7. The molecule has 0 aromatic heterocycles. The quantitative estimate of drug-likeness (QED) is 0.0592. The molecule has 1 unspecified atom stereocenters. The Morgan fingerprint density at radius 3 is 1.55 bits per heavy atom. The number of allylic oxidation sites excluding steroid dienone is 12. The molecule has 228 valence electrons. The van der Waals surface area contributed by atoms with Gasteiger partial charge in [-0.05, 0) is 51.4 Å². The fourth-order valence-corrected chi connectivity index (χ4v) is 3.94. The summed E-state index contributed by atoms with van der Waals surface area (Å²) in [6.07, 6.45) is 43.7. The van der Waals surface area contributed by atoms with Crippen molar-refractivity contribution in [3.63, 3.8) is 0 Å². The zero-order chi connectivity index (χ0) is 29.2. The molecule has 4 heteroatoms. The Labute approximate surface area is 247 Å².